The number of rotatable bonds is 4. The van der Waals surface area contributed by atoms with Gasteiger partial charge in [0.25, 0.3) is 0 Å². The van der Waals surface area contributed by atoms with Crippen LogP contribution in [0.5, 0.6) is 0 Å². The number of aromatic nitrogens is 2. The van der Waals surface area contributed by atoms with Crippen molar-refractivity contribution in [3.63, 3.8) is 0 Å². The Balaban J connectivity index is 1.56. The summed E-state index contributed by atoms with van der Waals surface area (Å²) in [6.07, 6.45) is 7.91. The number of nitrogens with one attached hydrogen (secondary N) is 1. The molecule has 0 saturated carbocycles. The molecule has 1 aromatic heterocycles. The van der Waals surface area contributed by atoms with E-state index in [9.17, 15) is 0 Å². The van der Waals surface area contributed by atoms with Crippen LogP contribution in [0.4, 0.5) is 0 Å². The third-order valence-corrected chi connectivity index (χ3v) is 4.58. The van der Waals surface area contributed by atoms with E-state index in [0.717, 1.165) is 63.0 Å². The van der Waals surface area contributed by atoms with E-state index in [1.807, 2.05) is 0 Å². The molecule has 2 fully saturated rings. The first-order valence-electron chi connectivity index (χ1n) is 7.94. The molecule has 0 spiro atoms. The van der Waals surface area contributed by atoms with Crippen molar-refractivity contribution in [3.05, 3.63) is 11.7 Å². The summed E-state index contributed by atoms with van der Waals surface area (Å²) in [6.45, 7) is 5.17. The molecule has 3 heterocycles. The molecule has 2 aliphatic rings. The summed E-state index contributed by atoms with van der Waals surface area (Å²) in [5.74, 6) is 2.25. The van der Waals surface area contributed by atoms with Gasteiger partial charge >= 0.3 is 0 Å². The van der Waals surface area contributed by atoms with Crippen molar-refractivity contribution in [2.45, 2.75) is 57.5 Å². The normalized spacial score (nSPS) is 31.4. The minimum absolute atomic E-state index is 0.341. The van der Waals surface area contributed by atoms with E-state index >= 15 is 0 Å². The molecular weight excluding hydrogens is 254 g/mol. The SMILES string of the molecule is CC1(c2noc(CCC3CCCNC3)n2)CCCCO1. The van der Waals surface area contributed by atoms with Crippen molar-refractivity contribution >= 4 is 0 Å². The van der Waals surface area contributed by atoms with Gasteiger partial charge < -0.3 is 14.6 Å². The van der Waals surface area contributed by atoms with Crippen LogP contribution >= 0.6 is 0 Å². The van der Waals surface area contributed by atoms with E-state index in [0.29, 0.717) is 0 Å². The summed E-state index contributed by atoms with van der Waals surface area (Å²) >= 11 is 0. The fourth-order valence-corrected chi connectivity index (χ4v) is 3.18. The van der Waals surface area contributed by atoms with Gasteiger partial charge in [0, 0.05) is 13.0 Å². The molecule has 0 radical (unpaired) electrons. The zero-order chi connectivity index (χ0) is 13.8. The van der Waals surface area contributed by atoms with Crippen LogP contribution < -0.4 is 5.32 Å². The quantitative estimate of drug-likeness (QED) is 0.917. The number of piperidine rings is 1. The molecule has 0 aliphatic carbocycles. The average Bonchev–Trinajstić information content (AvgIpc) is 2.97. The summed E-state index contributed by atoms with van der Waals surface area (Å²) in [4.78, 5) is 4.57. The number of nitrogens with zero attached hydrogens (tertiary/aromatic N) is 2. The van der Waals surface area contributed by atoms with Crippen LogP contribution in [0.1, 0.15) is 57.2 Å². The lowest BCUT2D eigenvalue weighted by Gasteiger charge is -2.30. The predicted molar refractivity (Wildman–Crippen MR) is 75.4 cm³/mol. The Morgan fingerprint density at radius 3 is 3.05 bits per heavy atom. The first-order chi connectivity index (χ1) is 9.76. The molecule has 3 rings (SSSR count). The van der Waals surface area contributed by atoms with Gasteiger partial charge in [-0.05, 0) is 64.5 Å². The molecule has 5 heteroatoms. The molecule has 2 unspecified atom stereocenters. The topological polar surface area (TPSA) is 60.2 Å². The molecule has 5 nitrogen and oxygen atoms in total. The average molecular weight is 279 g/mol. The fraction of sp³-hybridized carbons (Fsp3) is 0.867. The predicted octanol–water partition coefficient (Wildman–Crippen LogP) is 2.42. The van der Waals surface area contributed by atoms with Gasteiger partial charge in [0.15, 0.2) is 0 Å². The summed E-state index contributed by atoms with van der Waals surface area (Å²) in [5.41, 5.74) is -0.341. The molecule has 20 heavy (non-hydrogen) atoms. The lowest BCUT2D eigenvalue weighted by Crippen LogP contribution is -2.31. The number of hydrogen-bond donors (Lipinski definition) is 1. The molecule has 1 N–H and O–H groups in total. The highest BCUT2D eigenvalue weighted by atomic mass is 16.5. The third-order valence-electron chi connectivity index (χ3n) is 4.58. The van der Waals surface area contributed by atoms with E-state index < -0.39 is 0 Å². The maximum absolute atomic E-state index is 5.86. The Hall–Kier alpha value is -0.940. The summed E-state index contributed by atoms with van der Waals surface area (Å²) in [6, 6.07) is 0. The third kappa shape index (κ3) is 3.20. The minimum Gasteiger partial charge on any atom is -0.367 e. The Morgan fingerprint density at radius 1 is 1.35 bits per heavy atom. The van der Waals surface area contributed by atoms with Gasteiger partial charge in [-0.1, -0.05) is 5.16 Å². The van der Waals surface area contributed by atoms with E-state index in [4.69, 9.17) is 9.26 Å². The summed E-state index contributed by atoms with van der Waals surface area (Å²) in [7, 11) is 0. The smallest absolute Gasteiger partial charge is 0.226 e. The van der Waals surface area contributed by atoms with Gasteiger partial charge in [-0.2, -0.15) is 4.98 Å². The molecule has 2 aliphatic heterocycles. The number of hydrogen-bond acceptors (Lipinski definition) is 5. The van der Waals surface area contributed by atoms with Crippen molar-refractivity contribution in [1.82, 2.24) is 15.5 Å². The van der Waals surface area contributed by atoms with Crippen LogP contribution in [-0.2, 0) is 16.8 Å². The Labute approximate surface area is 120 Å². The van der Waals surface area contributed by atoms with Crippen LogP contribution in [0.2, 0.25) is 0 Å². The van der Waals surface area contributed by atoms with E-state index in [-0.39, 0.29) is 5.60 Å². The standard InChI is InChI=1S/C15H25N3O2/c1-15(8-2-3-10-19-15)14-17-13(20-18-14)7-6-12-5-4-9-16-11-12/h12,16H,2-11H2,1H3. The molecule has 2 atom stereocenters. The second-order valence-electron chi connectivity index (χ2n) is 6.30. The molecule has 0 bridgehead atoms. The lowest BCUT2D eigenvalue weighted by atomic mass is 9.94. The van der Waals surface area contributed by atoms with Gasteiger partial charge in [0.05, 0.1) is 0 Å². The van der Waals surface area contributed by atoms with Gasteiger partial charge in [-0.15, -0.1) is 0 Å². The minimum atomic E-state index is -0.341. The molecular formula is C15H25N3O2. The van der Waals surface area contributed by atoms with Crippen molar-refractivity contribution in [3.8, 4) is 0 Å². The number of aryl methyl sites for hydroxylation is 1. The molecule has 2 saturated heterocycles. The van der Waals surface area contributed by atoms with E-state index in [2.05, 4.69) is 22.4 Å². The highest BCUT2D eigenvalue weighted by molar-refractivity contribution is 5.01. The highest BCUT2D eigenvalue weighted by Crippen LogP contribution is 2.32. The lowest BCUT2D eigenvalue weighted by molar-refractivity contribution is -0.0770. The molecule has 0 aromatic carbocycles. The van der Waals surface area contributed by atoms with Gasteiger partial charge in [0.2, 0.25) is 11.7 Å². The second kappa shape index (κ2) is 6.22. The summed E-state index contributed by atoms with van der Waals surface area (Å²) in [5, 5.41) is 7.60. The van der Waals surface area contributed by atoms with Crippen molar-refractivity contribution < 1.29 is 9.26 Å². The van der Waals surface area contributed by atoms with Crippen LogP contribution in [0, 0.1) is 5.92 Å². The summed E-state index contributed by atoms with van der Waals surface area (Å²) < 4.78 is 11.3. The molecule has 1 aromatic rings. The van der Waals surface area contributed by atoms with E-state index in [1.165, 1.54) is 19.3 Å². The monoisotopic (exact) mass is 279 g/mol. The molecule has 0 amide bonds. The van der Waals surface area contributed by atoms with Gasteiger partial charge in [-0.25, -0.2) is 0 Å². The zero-order valence-corrected chi connectivity index (χ0v) is 12.4. The van der Waals surface area contributed by atoms with Crippen LogP contribution in [0.25, 0.3) is 0 Å². The Kier molecular flexibility index (Phi) is 4.36. The number of ether oxygens (including phenoxy) is 1. The fourth-order valence-electron chi connectivity index (χ4n) is 3.18. The van der Waals surface area contributed by atoms with Crippen molar-refractivity contribution in [2.75, 3.05) is 19.7 Å². The zero-order valence-electron chi connectivity index (χ0n) is 12.4. The maximum Gasteiger partial charge on any atom is 0.226 e. The largest absolute Gasteiger partial charge is 0.367 e. The Morgan fingerprint density at radius 2 is 2.30 bits per heavy atom. The van der Waals surface area contributed by atoms with Crippen LogP contribution in [-0.4, -0.2) is 29.8 Å². The van der Waals surface area contributed by atoms with Crippen LogP contribution in [0.3, 0.4) is 0 Å². The molecule has 112 valence electrons. The van der Waals surface area contributed by atoms with Crippen molar-refractivity contribution in [1.29, 1.82) is 0 Å². The van der Waals surface area contributed by atoms with Crippen LogP contribution in [0.15, 0.2) is 4.52 Å². The maximum atomic E-state index is 5.86. The van der Waals surface area contributed by atoms with Gasteiger partial charge in [-0.3, -0.25) is 0 Å². The second-order valence-corrected chi connectivity index (χ2v) is 6.30. The Bertz CT molecular complexity index is 421. The first kappa shape index (κ1) is 14.0. The van der Waals surface area contributed by atoms with E-state index in [1.54, 1.807) is 0 Å². The first-order valence-corrected chi connectivity index (χ1v) is 7.94. The van der Waals surface area contributed by atoms with Gasteiger partial charge in [0.1, 0.15) is 5.60 Å². The van der Waals surface area contributed by atoms with Crippen molar-refractivity contribution in [2.24, 2.45) is 5.92 Å². The highest BCUT2D eigenvalue weighted by Gasteiger charge is 2.34.